The zero-order valence-corrected chi connectivity index (χ0v) is 21.9. The number of hydrogen-bond donors (Lipinski definition) is 1. The Hall–Kier alpha value is -3.80. The van der Waals surface area contributed by atoms with Gasteiger partial charge in [0.25, 0.3) is 0 Å². The molecule has 0 saturated carbocycles. The topological polar surface area (TPSA) is 66.8 Å². The first kappa shape index (κ1) is 29.2. The van der Waals surface area contributed by atoms with Crippen molar-refractivity contribution in [3.8, 4) is 11.3 Å². The molecular formula is C28H28F6N6. The van der Waals surface area contributed by atoms with E-state index in [2.05, 4.69) is 32.2 Å². The summed E-state index contributed by atoms with van der Waals surface area (Å²) in [6, 6.07) is 8.85. The summed E-state index contributed by atoms with van der Waals surface area (Å²) in [5, 5.41) is 3.47. The van der Waals surface area contributed by atoms with Crippen molar-refractivity contribution in [2.45, 2.75) is 51.5 Å². The number of anilines is 2. The average molecular weight is 563 g/mol. The molecule has 3 heterocycles. The third-order valence-corrected chi connectivity index (χ3v) is 6.25. The van der Waals surface area contributed by atoms with Crippen molar-refractivity contribution >= 4 is 22.4 Å². The summed E-state index contributed by atoms with van der Waals surface area (Å²) < 4.78 is 79.8. The Bertz CT molecular complexity index is 1440. The summed E-state index contributed by atoms with van der Waals surface area (Å²) in [5.74, 6) is 0.701. The molecule has 1 aromatic carbocycles. The van der Waals surface area contributed by atoms with Crippen LogP contribution < -0.4 is 5.32 Å². The summed E-state index contributed by atoms with van der Waals surface area (Å²) in [5.41, 5.74) is -1.28. The normalized spacial score (nSPS) is 12.3. The van der Waals surface area contributed by atoms with Crippen LogP contribution in [0.25, 0.3) is 22.2 Å². The number of nitrogens with zero attached hydrogens (tertiary/aromatic N) is 5. The molecule has 0 aliphatic rings. The number of unbranched alkanes of at least 4 members (excludes halogenated alkanes) is 3. The summed E-state index contributed by atoms with van der Waals surface area (Å²) in [6.45, 7) is 3.30. The van der Waals surface area contributed by atoms with Gasteiger partial charge in [0.2, 0.25) is 0 Å². The molecule has 4 rings (SSSR count). The van der Waals surface area contributed by atoms with Gasteiger partial charge in [-0.3, -0.25) is 9.88 Å². The molecule has 4 aromatic rings. The lowest BCUT2D eigenvalue weighted by Gasteiger charge is -2.18. The smallest absolute Gasteiger partial charge is 0.338 e. The van der Waals surface area contributed by atoms with Gasteiger partial charge in [0, 0.05) is 17.1 Å². The van der Waals surface area contributed by atoms with E-state index in [1.807, 2.05) is 11.9 Å². The number of aromatic nitrogens is 4. The first-order valence-corrected chi connectivity index (χ1v) is 12.8. The highest BCUT2D eigenvalue weighted by atomic mass is 19.4. The SMILES string of the molecule is CCCCCCN(C)Cc1nc(Nc2ccc(C(F)(F)F)nc2)c2ccc(-c3ncccc3C(F)(F)F)cc2n1. The Morgan fingerprint density at radius 3 is 2.35 bits per heavy atom. The van der Waals surface area contributed by atoms with Crippen LogP contribution in [0.5, 0.6) is 0 Å². The van der Waals surface area contributed by atoms with Crippen LogP contribution in [0.3, 0.4) is 0 Å². The monoisotopic (exact) mass is 562 g/mol. The quantitative estimate of drug-likeness (QED) is 0.157. The van der Waals surface area contributed by atoms with E-state index in [1.165, 1.54) is 30.5 Å². The van der Waals surface area contributed by atoms with E-state index in [0.29, 0.717) is 29.1 Å². The van der Waals surface area contributed by atoms with Gasteiger partial charge in [0.05, 0.1) is 35.2 Å². The molecule has 0 aliphatic carbocycles. The van der Waals surface area contributed by atoms with Crippen LogP contribution in [0, 0.1) is 0 Å². The first-order valence-electron chi connectivity index (χ1n) is 12.8. The zero-order valence-electron chi connectivity index (χ0n) is 21.9. The number of hydrogen-bond acceptors (Lipinski definition) is 6. The first-order chi connectivity index (χ1) is 19.0. The Morgan fingerprint density at radius 2 is 1.68 bits per heavy atom. The second-order valence-electron chi connectivity index (χ2n) is 9.47. The number of alkyl halides is 6. The second kappa shape index (κ2) is 12.2. The van der Waals surface area contributed by atoms with Crippen molar-refractivity contribution < 1.29 is 26.3 Å². The van der Waals surface area contributed by atoms with Crippen LogP contribution in [0.1, 0.15) is 49.7 Å². The Kier molecular flexibility index (Phi) is 8.87. The fourth-order valence-corrected chi connectivity index (χ4v) is 4.26. The van der Waals surface area contributed by atoms with E-state index in [1.54, 1.807) is 6.07 Å². The fourth-order valence-electron chi connectivity index (χ4n) is 4.26. The number of benzene rings is 1. The van der Waals surface area contributed by atoms with Gasteiger partial charge < -0.3 is 5.32 Å². The van der Waals surface area contributed by atoms with E-state index >= 15 is 0 Å². The molecule has 40 heavy (non-hydrogen) atoms. The Labute approximate surface area is 227 Å². The largest absolute Gasteiger partial charge is 0.433 e. The molecule has 0 saturated heterocycles. The predicted molar refractivity (Wildman–Crippen MR) is 141 cm³/mol. The number of nitrogens with one attached hydrogen (secondary N) is 1. The van der Waals surface area contributed by atoms with Gasteiger partial charge in [-0.25, -0.2) is 15.0 Å². The molecule has 12 heteroatoms. The summed E-state index contributed by atoms with van der Waals surface area (Å²) in [7, 11) is 1.92. The molecule has 6 nitrogen and oxygen atoms in total. The maximum absolute atomic E-state index is 13.7. The lowest BCUT2D eigenvalue weighted by molar-refractivity contribution is -0.141. The lowest BCUT2D eigenvalue weighted by atomic mass is 10.0. The number of pyridine rings is 2. The van der Waals surface area contributed by atoms with Gasteiger partial charge in [-0.2, -0.15) is 26.3 Å². The molecule has 0 fully saturated rings. The van der Waals surface area contributed by atoms with E-state index in [0.717, 1.165) is 50.6 Å². The predicted octanol–water partition coefficient (Wildman–Crippen LogP) is 7.88. The van der Waals surface area contributed by atoms with E-state index in [4.69, 9.17) is 0 Å². The minimum atomic E-state index is -4.60. The molecule has 0 aliphatic heterocycles. The number of fused-ring (bicyclic) bond motifs is 1. The van der Waals surface area contributed by atoms with Crippen molar-refractivity contribution in [3.63, 3.8) is 0 Å². The average Bonchev–Trinajstić information content (AvgIpc) is 2.90. The third kappa shape index (κ3) is 7.23. The van der Waals surface area contributed by atoms with Crippen molar-refractivity contribution in [1.82, 2.24) is 24.8 Å². The van der Waals surface area contributed by atoms with Gasteiger partial charge in [0.1, 0.15) is 17.3 Å². The number of rotatable bonds is 10. The van der Waals surface area contributed by atoms with Crippen LogP contribution in [0.2, 0.25) is 0 Å². The fraction of sp³-hybridized carbons (Fsp3) is 0.357. The van der Waals surface area contributed by atoms with E-state index in [9.17, 15) is 26.3 Å². The minimum absolute atomic E-state index is 0.222. The van der Waals surface area contributed by atoms with E-state index < -0.39 is 23.6 Å². The molecule has 0 radical (unpaired) electrons. The van der Waals surface area contributed by atoms with Crippen molar-refractivity contribution in [1.29, 1.82) is 0 Å². The van der Waals surface area contributed by atoms with Gasteiger partial charge >= 0.3 is 12.4 Å². The highest BCUT2D eigenvalue weighted by Crippen LogP contribution is 2.37. The summed E-state index contributed by atoms with van der Waals surface area (Å²) in [6.07, 6.45) is -2.52. The van der Waals surface area contributed by atoms with Crippen molar-refractivity contribution in [3.05, 3.63) is 71.9 Å². The molecule has 0 bridgehead atoms. The maximum atomic E-state index is 13.7. The standard InChI is InChI=1S/C28H28F6N6/c1-3-4-5-6-14-40(2)17-24-38-22-15-18(25-21(27(29,30)31)8-7-13-35-25)9-11-20(22)26(39-24)37-19-10-12-23(36-16-19)28(32,33)34/h7-13,15-16H,3-6,14,17H2,1-2H3,(H,37,38,39). The highest BCUT2D eigenvalue weighted by molar-refractivity contribution is 5.93. The Balaban J connectivity index is 1.73. The summed E-state index contributed by atoms with van der Waals surface area (Å²) >= 11 is 0. The second-order valence-corrected chi connectivity index (χ2v) is 9.47. The Morgan fingerprint density at radius 1 is 0.875 bits per heavy atom. The lowest BCUT2D eigenvalue weighted by Crippen LogP contribution is -2.21. The third-order valence-electron chi connectivity index (χ3n) is 6.25. The molecular weight excluding hydrogens is 534 g/mol. The van der Waals surface area contributed by atoms with Crippen molar-refractivity contribution in [2.24, 2.45) is 0 Å². The van der Waals surface area contributed by atoms with Crippen LogP contribution in [-0.4, -0.2) is 38.4 Å². The molecule has 3 aromatic heterocycles. The minimum Gasteiger partial charge on any atom is -0.338 e. The molecule has 212 valence electrons. The van der Waals surface area contributed by atoms with Gasteiger partial charge in [-0.15, -0.1) is 0 Å². The maximum Gasteiger partial charge on any atom is 0.433 e. The van der Waals surface area contributed by atoms with Crippen LogP contribution in [0.4, 0.5) is 37.8 Å². The van der Waals surface area contributed by atoms with Crippen LogP contribution in [-0.2, 0) is 18.9 Å². The molecule has 0 amide bonds. The van der Waals surface area contributed by atoms with Gasteiger partial charge in [-0.1, -0.05) is 32.3 Å². The van der Waals surface area contributed by atoms with Gasteiger partial charge in [-0.05, 0) is 56.4 Å². The number of halogens is 6. The molecule has 0 unspecified atom stereocenters. The van der Waals surface area contributed by atoms with Gasteiger partial charge in [0.15, 0.2) is 0 Å². The molecule has 0 spiro atoms. The van der Waals surface area contributed by atoms with E-state index in [-0.39, 0.29) is 16.9 Å². The molecule has 1 N–H and O–H groups in total. The summed E-state index contributed by atoms with van der Waals surface area (Å²) in [4.78, 5) is 18.7. The highest BCUT2D eigenvalue weighted by Gasteiger charge is 2.34. The van der Waals surface area contributed by atoms with Crippen molar-refractivity contribution in [2.75, 3.05) is 18.9 Å². The molecule has 0 atom stereocenters. The van der Waals surface area contributed by atoms with Crippen LogP contribution in [0.15, 0.2) is 54.9 Å². The zero-order chi connectivity index (χ0) is 28.9. The van der Waals surface area contributed by atoms with Crippen LogP contribution >= 0.6 is 0 Å².